The van der Waals surface area contributed by atoms with Gasteiger partial charge in [0.25, 0.3) is 0 Å². The van der Waals surface area contributed by atoms with Crippen LogP contribution in [0.5, 0.6) is 0 Å². The largest absolute Gasteiger partial charge is 0.397 e. The Labute approximate surface area is 108 Å². The van der Waals surface area contributed by atoms with Gasteiger partial charge in [-0.25, -0.2) is 0 Å². The summed E-state index contributed by atoms with van der Waals surface area (Å²) in [6, 6.07) is 0. The van der Waals surface area contributed by atoms with Gasteiger partial charge in [0.15, 0.2) is 0 Å². The van der Waals surface area contributed by atoms with Crippen molar-refractivity contribution in [2.45, 2.75) is 26.7 Å². The van der Waals surface area contributed by atoms with Crippen LogP contribution >= 0.6 is 0 Å². The summed E-state index contributed by atoms with van der Waals surface area (Å²) in [7, 11) is 0. The predicted molar refractivity (Wildman–Crippen MR) is 69.3 cm³/mol. The van der Waals surface area contributed by atoms with Crippen LogP contribution in [0.1, 0.15) is 26.7 Å². The summed E-state index contributed by atoms with van der Waals surface area (Å²) in [5.41, 5.74) is 14.2. The molecule has 2 amide bonds. The second-order valence-electron chi connectivity index (χ2n) is 2.58. The molecule has 0 radical (unpaired) electrons. The van der Waals surface area contributed by atoms with Crippen molar-refractivity contribution in [3.8, 4) is 0 Å². The molecule has 112 valence electrons. The molecule has 0 saturated heterocycles. The third-order valence-corrected chi connectivity index (χ3v) is 0.747. The topological polar surface area (TPSA) is 173 Å². The van der Waals surface area contributed by atoms with Crippen molar-refractivity contribution in [2.75, 3.05) is 26.4 Å². The minimum absolute atomic E-state index is 0.0509. The van der Waals surface area contributed by atoms with Crippen LogP contribution in [-0.4, -0.2) is 53.5 Å². The average Bonchev–Trinajstić information content (AvgIpc) is 2.29. The fraction of sp³-hybridized carbons (Fsp3) is 0.800. The molecule has 8 nitrogen and oxygen atoms in total. The van der Waals surface area contributed by atoms with Crippen LogP contribution in [0.2, 0.25) is 0 Å². The number of aliphatic hydroxyl groups excluding tert-OH is 3. The number of hydrogen-bond donors (Lipinski definition) is 6. The number of carbonyl (C=O) groups excluding carboxylic acids is 2. The number of rotatable bonds is 4. The lowest BCUT2D eigenvalue weighted by atomic mass is 10.3. The van der Waals surface area contributed by atoms with Crippen molar-refractivity contribution < 1.29 is 24.9 Å². The lowest BCUT2D eigenvalue weighted by Gasteiger charge is -1.87. The summed E-state index contributed by atoms with van der Waals surface area (Å²) in [5.74, 6) is -0.993. The molecule has 0 saturated carbocycles. The lowest BCUT2D eigenvalue weighted by molar-refractivity contribution is -0.123. The maximum atomic E-state index is 9.92. The molecule has 0 aliphatic rings. The molecule has 0 heterocycles. The van der Waals surface area contributed by atoms with Crippen molar-refractivity contribution in [1.82, 2.24) is 0 Å². The third-order valence-electron chi connectivity index (χ3n) is 0.747. The monoisotopic (exact) mass is 269 g/mol. The van der Waals surface area contributed by atoms with E-state index in [1.54, 1.807) is 13.8 Å². The highest BCUT2D eigenvalue weighted by atomic mass is 16.3. The molecule has 0 aromatic heterocycles. The first kappa shape index (κ1) is 25.6. The summed E-state index contributed by atoms with van der Waals surface area (Å²) in [6.07, 6.45) is 0.102. The molecule has 0 atom stereocenters. The molecule has 0 aromatic carbocycles. The highest BCUT2D eigenvalue weighted by Gasteiger charge is 1.96. The summed E-state index contributed by atoms with van der Waals surface area (Å²) < 4.78 is 0. The minimum Gasteiger partial charge on any atom is -0.397 e. The standard InChI is InChI=1S/C4H8N2O2.C2H7NO.2C2H6O/c5-3(7)1-2-4(6)8;3-1-2-4;2*1-2-3/h1-2H2,(H2,5,7)(H2,6,8);4H,1-3H2;2*3H,2H2,1H3. The summed E-state index contributed by atoms with van der Waals surface area (Å²) >= 11 is 0. The fourth-order valence-electron chi connectivity index (χ4n) is 0.246. The summed E-state index contributed by atoms with van der Waals surface area (Å²) in [4.78, 5) is 19.8. The van der Waals surface area contributed by atoms with Crippen LogP contribution in [0, 0.1) is 0 Å². The van der Waals surface area contributed by atoms with Crippen LogP contribution in [0.3, 0.4) is 0 Å². The molecule has 0 rings (SSSR count). The average molecular weight is 269 g/mol. The van der Waals surface area contributed by atoms with Crippen molar-refractivity contribution in [2.24, 2.45) is 17.2 Å². The van der Waals surface area contributed by atoms with Gasteiger partial charge in [0.1, 0.15) is 0 Å². The van der Waals surface area contributed by atoms with Crippen LogP contribution < -0.4 is 17.2 Å². The molecule has 18 heavy (non-hydrogen) atoms. The maximum Gasteiger partial charge on any atom is 0.217 e. The van der Waals surface area contributed by atoms with Gasteiger partial charge in [0.2, 0.25) is 11.8 Å². The Hall–Kier alpha value is -1.22. The van der Waals surface area contributed by atoms with Gasteiger partial charge in [-0.2, -0.15) is 0 Å². The number of aliphatic hydroxyl groups is 3. The van der Waals surface area contributed by atoms with E-state index in [9.17, 15) is 9.59 Å². The Morgan fingerprint density at radius 3 is 1.11 bits per heavy atom. The van der Waals surface area contributed by atoms with E-state index in [-0.39, 0.29) is 32.7 Å². The Morgan fingerprint density at radius 1 is 0.889 bits per heavy atom. The van der Waals surface area contributed by atoms with Gasteiger partial charge in [-0.1, -0.05) is 0 Å². The molecule has 0 bridgehead atoms. The molecular formula is C10H27N3O5. The third kappa shape index (κ3) is 123. The van der Waals surface area contributed by atoms with E-state index >= 15 is 0 Å². The van der Waals surface area contributed by atoms with Crippen LogP contribution in [0.4, 0.5) is 0 Å². The molecule has 0 aliphatic heterocycles. The van der Waals surface area contributed by atoms with Crippen molar-refractivity contribution in [3.05, 3.63) is 0 Å². The first-order valence-electron chi connectivity index (χ1n) is 5.46. The van der Waals surface area contributed by atoms with E-state index in [4.69, 9.17) is 32.5 Å². The normalized spacial score (nSPS) is 7.44. The minimum atomic E-state index is -0.496. The number of hydrogen-bond acceptors (Lipinski definition) is 6. The van der Waals surface area contributed by atoms with Crippen molar-refractivity contribution >= 4 is 11.8 Å². The van der Waals surface area contributed by atoms with Gasteiger partial charge in [0.05, 0.1) is 6.61 Å². The Kier molecular flexibility index (Phi) is 42.2. The van der Waals surface area contributed by atoms with E-state index in [1.807, 2.05) is 0 Å². The molecule has 0 unspecified atom stereocenters. The molecule has 0 aromatic rings. The summed E-state index contributed by atoms with van der Waals surface area (Å²) in [6.45, 7) is 4.33. The Morgan fingerprint density at radius 2 is 1.06 bits per heavy atom. The molecule has 9 N–H and O–H groups in total. The fourth-order valence-corrected chi connectivity index (χ4v) is 0.246. The number of primary amides is 2. The summed E-state index contributed by atoms with van der Waals surface area (Å²) in [5, 5.41) is 22.9. The van der Waals surface area contributed by atoms with Crippen LogP contribution in [-0.2, 0) is 9.59 Å². The zero-order chi connectivity index (χ0) is 15.4. The van der Waals surface area contributed by atoms with E-state index in [0.717, 1.165) is 0 Å². The van der Waals surface area contributed by atoms with Gasteiger partial charge in [0, 0.05) is 32.6 Å². The highest BCUT2D eigenvalue weighted by Crippen LogP contribution is 1.82. The zero-order valence-electron chi connectivity index (χ0n) is 11.1. The second kappa shape index (κ2) is 29.7. The maximum absolute atomic E-state index is 9.92. The Bertz CT molecular complexity index is 150. The van der Waals surface area contributed by atoms with Gasteiger partial charge in [-0.15, -0.1) is 0 Å². The highest BCUT2D eigenvalue weighted by molar-refractivity contribution is 5.81. The molecule has 8 heteroatoms. The first-order chi connectivity index (χ1) is 8.37. The molecular weight excluding hydrogens is 242 g/mol. The van der Waals surface area contributed by atoms with Gasteiger partial charge < -0.3 is 32.5 Å². The van der Waals surface area contributed by atoms with E-state index in [1.165, 1.54) is 0 Å². The van der Waals surface area contributed by atoms with Crippen LogP contribution in [0.15, 0.2) is 0 Å². The molecule has 0 fully saturated rings. The zero-order valence-corrected chi connectivity index (χ0v) is 11.1. The molecule has 0 aliphatic carbocycles. The molecule has 0 spiro atoms. The number of carbonyl (C=O) groups is 2. The van der Waals surface area contributed by atoms with Gasteiger partial charge in [-0.3, -0.25) is 9.59 Å². The van der Waals surface area contributed by atoms with Gasteiger partial charge in [-0.05, 0) is 13.8 Å². The Balaban J connectivity index is -0.0000000827. The SMILES string of the molecule is CCO.CCO.NC(=O)CCC(N)=O.NCCO. The predicted octanol–water partition coefficient (Wildman–Crippen LogP) is -2.33. The smallest absolute Gasteiger partial charge is 0.217 e. The van der Waals surface area contributed by atoms with Crippen molar-refractivity contribution in [1.29, 1.82) is 0 Å². The van der Waals surface area contributed by atoms with E-state index in [2.05, 4.69) is 0 Å². The number of nitrogens with two attached hydrogens (primary N) is 3. The second-order valence-corrected chi connectivity index (χ2v) is 2.58. The quantitative estimate of drug-likeness (QED) is 0.334. The van der Waals surface area contributed by atoms with Crippen LogP contribution in [0.25, 0.3) is 0 Å². The van der Waals surface area contributed by atoms with Crippen molar-refractivity contribution in [3.63, 3.8) is 0 Å². The number of amides is 2. The van der Waals surface area contributed by atoms with E-state index in [0.29, 0.717) is 6.54 Å². The van der Waals surface area contributed by atoms with Gasteiger partial charge >= 0.3 is 0 Å². The van der Waals surface area contributed by atoms with E-state index < -0.39 is 11.8 Å². The first-order valence-corrected chi connectivity index (χ1v) is 5.46. The lowest BCUT2D eigenvalue weighted by Crippen LogP contribution is -2.16.